The Balaban J connectivity index is 1.97. The number of urea groups is 1. The molecule has 0 saturated carbocycles. The summed E-state index contributed by atoms with van der Waals surface area (Å²) in [6.07, 6.45) is 0. The van der Waals surface area contributed by atoms with Crippen LogP contribution in [0.2, 0.25) is 5.02 Å². The van der Waals surface area contributed by atoms with E-state index in [0.29, 0.717) is 11.6 Å². The van der Waals surface area contributed by atoms with E-state index in [2.05, 4.69) is 10.6 Å². The maximum absolute atomic E-state index is 12.5. The van der Waals surface area contributed by atoms with Gasteiger partial charge in [-0.1, -0.05) is 47.6 Å². The molecule has 6 nitrogen and oxygen atoms in total. The molecule has 144 valence electrons. The predicted molar refractivity (Wildman–Crippen MR) is 110 cm³/mol. The fourth-order valence-corrected chi connectivity index (χ4v) is 4.34. The summed E-state index contributed by atoms with van der Waals surface area (Å²) in [5.41, 5.74) is 7.44. The molecule has 27 heavy (non-hydrogen) atoms. The number of anilines is 2. The van der Waals surface area contributed by atoms with E-state index >= 15 is 0 Å². The number of para-hydroxylation sites is 2. The van der Waals surface area contributed by atoms with Crippen LogP contribution in [0.3, 0.4) is 0 Å². The third kappa shape index (κ3) is 4.16. The maximum atomic E-state index is 12.5. The highest BCUT2D eigenvalue weighted by atomic mass is 35.5. The van der Waals surface area contributed by atoms with E-state index in [1.165, 1.54) is 11.8 Å². The van der Waals surface area contributed by atoms with Crippen LogP contribution >= 0.6 is 23.4 Å². The minimum atomic E-state index is -0.724. The van der Waals surface area contributed by atoms with Crippen LogP contribution in [0.25, 0.3) is 0 Å². The molecule has 1 unspecified atom stereocenters. The van der Waals surface area contributed by atoms with Crippen molar-refractivity contribution in [1.29, 1.82) is 0 Å². The predicted octanol–water partition coefficient (Wildman–Crippen LogP) is 3.40. The number of hydrogen-bond acceptors (Lipinski definition) is 5. The molecule has 2 aromatic carbocycles. The molecule has 1 heterocycles. The first-order chi connectivity index (χ1) is 12.9. The molecule has 1 atom stereocenters. The number of nitrogens with zero attached hydrogens (tertiary/aromatic N) is 1. The third-order valence-electron chi connectivity index (χ3n) is 4.23. The van der Waals surface area contributed by atoms with Crippen LogP contribution in [0.5, 0.6) is 0 Å². The number of thioether (sulfide) groups is 1. The van der Waals surface area contributed by atoms with Gasteiger partial charge >= 0.3 is 6.03 Å². The number of fused-ring (bicyclic) bond motifs is 1. The van der Waals surface area contributed by atoms with Gasteiger partial charge in [-0.3, -0.25) is 0 Å². The topological polar surface area (TPSA) is 90.6 Å². The Labute approximate surface area is 168 Å². The molecule has 0 radical (unpaired) electrons. The number of benzene rings is 2. The van der Waals surface area contributed by atoms with Crippen molar-refractivity contribution < 1.29 is 9.90 Å². The van der Waals surface area contributed by atoms with Crippen LogP contribution in [-0.2, 0) is 6.54 Å². The van der Waals surface area contributed by atoms with Gasteiger partial charge in [-0.05, 0) is 37.6 Å². The lowest BCUT2D eigenvalue weighted by Crippen LogP contribution is -2.54. The lowest BCUT2D eigenvalue weighted by molar-refractivity contribution is 0.182. The van der Waals surface area contributed by atoms with Gasteiger partial charge in [-0.15, -0.1) is 0 Å². The molecule has 1 aliphatic heterocycles. The molecule has 8 heteroatoms. The second kappa shape index (κ2) is 7.98. The second-order valence-electron chi connectivity index (χ2n) is 6.90. The Morgan fingerprint density at radius 2 is 2.04 bits per heavy atom. The van der Waals surface area contributed by atoms with Crippen molar-refractivity contribution in [2.24, 2.45) is 5.73 Å². The molecule has 5 N–H and O–H groups in total. The summed E-state index contributed by atoms with van der Waals surface area (Å²) >= 11 is 8.04. The molecule has 2 aromatic rings. The Morgan fingerprint density at radius 1 is 1.30 bits per heavy atom. The summed E-state index contributed by atoms with van der Waals surface area (Å²) in [5, 5.41) is 15.7. The van der Waals surface area contributed by atoms with Gasteiger partial charge in [-0.25, -0.2) is 4.79 Å². The first-order valence-electron chi connectivity index (χ1n) is 8.58. The third-order valence-corrected chi connectivity index (χ3v) is 5.69. The average molecular weight is 407 g/mol. The van der Waals surface area contributed by atoms with Crippen molar-refractivity contribution in [1.82, 2.24) is 10.6 Å². The average Bonchev–Trinajstić information content (AvgIpc) is 2.98. The SMILES string of the molecule is CC(C)(CO)NC(=O)NC1Sc2ccccc2N1c1c(Cl)cccc1CN. The summed E-state index contributed by atoms with van der Waals surface area (Å²) in [4.78, 5) is 15.5. The van der Waals surface area contributed by atoms with Gasteiger partial charge in [-0.2, -0.15) is 0 Å². The molecule has 0 saturated heterocycles. The lowest BCUT2D eigenvalue weighted by Gasteiger charge is -2.31. The normalized spacial score (nSPS) is 16.2. The van der Waals surface area contributed by atoms with Crippen molar-refractivity contribution in [3.8, 4) is 0 Å². The molecule has 0 bridgehead atoms. The monoisotopic (exact) mass is 406 g/mol. The number of carbonyl (C=O) groups is 1. The summed E-state index contributed by atoms with van der Waals surface area (Å²) in [7, 11) is 0. The minimum Gasteiger partial charge on any atom is -0.394 e. The van der Waals surface area contributed by atoms with Crippen LogP contribution < -0.4 is 21.3 Å². The summed E-state index contributed by atoms with van der Waals surface area (Å²) in [6, 6.07) is 13.1. The molecule has 3 rings (SSSR count). The number of nitrogens with two attached hydrogens (primary N) is 1. The number of hydrogen-bond donors (Lipinski definition) is 4. The van der Waals surface area contributed by atoms with E-state index in [1.54, 1.807) is 13.8 Å². The molecular formula is C19H23ClN4O2S. The second-order valence-corrected chi connectivity index (χ2v) is 8.43. The zero-order valence-electron chi connectivity index (χ0n) is 15.2. The summed E-state index contributed by atoms with van der Waals surface area (Å²) < 4.78 is 0. The molecule has 2 amide bonds. The zero-order valence-corrected chi connectivity index (χ0v) is 16.8. The van der Waals surface area contributed by atoms with Crippen LogP contribution in [-0.4, -0.2) is 28.8 Å². The van der Waals surface area contributed by atoms with Crippen molar-refractivity contribution in [2.75, 3.05) is 11.5 Å². The molecule has 1 aliphatic rings. The van der Waals surface area contributed by atoms with Crippen LogP contribution in [0, 0.1) is 0 Å². The standard InChI is InChI=1S/C19H23ClN4O2S/c1-19(2,11-25)23-17(26)22-18-24(14-8-3-4-9-15(14)27-18)16-12(10-21)6-5-7-13(16)20/h3-9,18,25H,10-11,21H2,1-2H3,(H2,22,23,26). The molecule has 0 spiro atoms. The fourth-order valence-electron chi connectivity index (χ4n) is 2.88. The van der Waals surface area contributed by atoms with Crippen molar-refractivity contribution in [3.05, 3.63) is 53.1 Å². The summed E-state index contributed by atoms with van der Waals surface area (Å²) in [5.74, 6) is 0. The van der Waals surface area contributed by atoms with Gasteiger partial charge in [0.2, 0.25) is 0 Å². The highest BCUT2D eigenvalue weighted by molar-refractivity contribution is 8.00. The number of carbonyl (C=O) groups excluding carboxylic acids is 1. The smallest absolute Gasteiger partial charge is 0.317 e. The van der Waals surface area contributed by atoms with Crippen LogP contribution in [0.15, 0.2) is 47.4 Å². The van der Waals surface area contributed by atoms with Gasteiger partial charge in [0.25, 0.3) is 0 Å². The number of aliphatic hydroxyl groups is 1. The molecule has 0 aromatic heterocycles. The lowest BCUT2D eigenvalue weighted by atomic mass is 10.1. The fraction of sp³-hybridized carbons (Fsp3) is 0.316. The minimum absolute atomic E-state index is 0.163. The highest BCUT2D eigenvalue weighted by Crippen LogP contribution is 2.49. The van der Waals surface area contributed by atoms with E-state index in [0.717, 1.165) is 21.8 Å². The number of halogens is 1. The first kappa shape index (κ1) is 19.8. The molecular weight excluding hydrogens is 384 g/mol. The van der Waals surface area contributed by atoms with Gasteiger partial charge in [0.05, 0.1) is 28.5 Å². The van der Waals surface area contributed by atoms with Gasteiger partial charge < -0.3 is 26.4 Å². The number of aliphatic hydroxyl groups excluding tert-OH is 1. The maximum Gasteiger partial charge on any atom is 0.317 e. The van der Waals surface area contributed by atoms with Gasteiger partial charge in [0.15, 0.2) is 5.50 Å². The number of rotatable bonds is 5. The first-order valence-corrected chi connectivity index (χ1v) is 9.84. The zero-order chi connectivity index (χ0) is 19.6. The van der Waals surface area contributed by atoms with Crippen molar-refractivity contribution in [2.45, 2.75) is 36.3 Å². The Hall–Kier alpha value is -1.93. The molecule has 0 aliphatic carbocycles. The Morgan fingerprint density at radius 3 is 2.74 bits per heavy atom. The number of amides is 2. The highest BCUT2D eigenvalue weighted by Gasteiger charge is 2.35. The summed E-state index contributed by atoms with van der Waals surface area (Å²) in [6.45, 7) is 3.67. The molecule has 0 fully saturated rings. The van der Waals surface area contributed by atoms with E-state index in [9.17, 15) is 9.90 Å². The van der Waals surface area contributed by atoms with Gasteiger partial charge in [0.1, 0.15) is 0 Å². The Kier molecular flexibility index (Phi) is 5.86. The van der Waals surface area contributed by atoms with E-state index in [1.807, 2.05) is 47.4 Å². The van der Waals surface area contributed by atoms with E-state index in [4.69, 9.17) is 17.3 Å². The van der Waals surface area contributed by atoms with Crippen molar-refractivity contribution >= 4 is 40.8 Å². The van der Waals surface area contributed by atoms with Crippen LogP contribution in [0.1, 0.15) is 19.4 Å². The van der Waals surface area contributed by atoms with E-state index in [-0.39, 0.29) is 12.6 Å². The largest absolute Gasteiger partial charge is 0.394 e. The van der Waals surface area contributed by atoms with Crippen LogP contribution in [0.4, 0.5) is 16.2 Å². The van der Waals surface area contributed by atoms with E-state index < -0.39 is 11.0 Å². The van der Waals surface area contributed by atoms with Crippen molar-refractivity contribution in [3.63, 3.8) is 0 Å². The Bertz CT molecular complexity index is 846. The quantitative estimate of drug-likeness (QED) is 0.611. The van der Waals surface area contributed by atoms with Gasteiger partial charge in [0, 0.05) is 11.4 Å². The number of nitrogens with one attached hydrogen (secondary N) is 2.